The van der Waals surface area contributed by atoms with E-state index in [1.807, 2.05) is 82.1 Å². The Morgan fingerprint density at radius 3 is 1.82 bits per heavy atom. The summed E-state index contributed by atoms with van der Waals surface area (Å²) in [6, 6.07) is 20.2. The molecule has 3 unspecified atom stereocenters. The van der Waals surface area contributed by atoms with Gasteiger partial charge < -0.3 is 40.1 Å². The largest absolute Gasteiger partial charge is 0.388 e. The van der Waals surface area contributed by atoms with Crippen molar-refractivity contribution in [3.05, 3.63) is 131 Å². The highest BCUT2D eigenvalue weighted by atomic mass is 33.1. The third-order valence-electron chi connectivity index (χ3n) is 13.4. The van der Waals surface area contributed by atoms with Crippen molar-refractivity contribution in [2.24, 2.45) is 9.98 Å². The lowest BCUT2D eigenvalue weighted by Gasteiger charge is -2.39. The number of rotatable bonds is 17. The summed E-state index contributed by atoms with van der Waals surface area (Å²) in [7, 11) is 9.33. The molecule has 342 valence electrons. The molecule has 1 aliphatic carbocycles. The summed E-state index contributed by atoms with van der Waals surface area (Å²) in [6.07, 6.45) is 19.1. The van der Waals surface area contributed by atoms with Crippen molar-refractivity contribution in [1.29, 1.82) is 0 Å². The fourth-order valence-corrected chi connectivity index (χ4v) is 11.5. The number of benzene rings is 3. The molecule has 3 aromatic rings. The Morgan fingerprint density at radius 2 is 1.32 bits per heavy atom. The van der Waals surface area contributed by atoms with Crippen molar-refractivity contribution in [1.82, 2.24) is 16.0 Å². The smallest absolute Gasteiger partial charge is 0.251 e. The summed E-state index contributed by atoms with van der Waals surface area (Å²) >= 11 is 0. The Labute approximate surface area is 392 Å². The van der Waals surface area contributed by atoms with Gasteiger partial charge in [-0.1, -0.05) is 61.4 Å². The number of likely N-dealkylation sites (N-methyl/N-ethyl adjacent to an activating group) is 1. The predicted molar refractivity (Wildman–Crippen MR) is 271 cm³/mol. The average Bonchev–Trinajstić information content (AvgIpc) is 4.03. The first-order valence-corrected chi connectivity index (χ1v) is 25.0. The molecule has 12 nitrogen and oxygen atoms in total. The van der Waals surface area contributed by atoms with E-state index in [2.05, 4.69) is 118 Å². The van der Waals surface area contributed by atoms with Gasteiger partial charge in [0.1, 0.15) is 0 Å². The van der Waals surface area contributed by atoms with E-state index >= 15 is 0 Å². The number of allylic oxidation sites excluding steroid dienone is 3. The summed E-state index contributed by atoms with van der Waals surface area (Å²) in [6.45, 7) is 12.6. The van der Waals surface area contributed by atoms with Crippen molar-refractivity contribution in [3.63, 3.8) is 0 Å². The zero-order valence-corrected chi connectivity index (χ0v) is 40.2. The molecule has 14 heteroatoms. The van der Waals surface area contributed by atoms with Crippen molar-refractivity contribution in [2.45, 2.75) is 62.4 Å². The highest BCUT2D eigenvalue weighted by Gasteiger charge is 2.60. The average molecular weight is 915 g/mol. The number of amides is 2. The minimum absolute atomic E-state index is 0.0931. The number of hydrogen-bond donors (Lipinski definition) is 3. The van der Waals surface area contributed by atoms with Crippen molar-refractivity contribution < 1.29 is 19.1 Å². The molecular weight excluding hydrogens is 853 g/mol. The second-order valence-electron chi connectivity index (χ2n) is 18.0. The van der Waals surface area contributed by atoms with Gasteiger partial charge in [0, 0.05) is 116 Å². The Kier molecular flexibility index (Phi) is 13.7. The lowest BCUT2D eigenvalue weighted by molar-refractivity contribution is -0.000275. The SMILES string of the molecule is CNC1=CCC(/N=C/C=C/C23OCCN2c2ccc(C(=O)NCCSSCCNC(=O)c4ccc5c(c4)C(C)(C)C4(/C=C/C=Nc6ccc(N(C)C)cc6)OCCN54)cc2C3(C)C)C=C1. The Bertz CT molecular complexity index is 2440. The van der Waals surface area contributed by atoms with Gasteiger partial charge in [-0.15, -0.1) is 0 Å². The molecule has 0 radical (unpaired) electrons. The van der Waals surface area contributed by atoms with E-state index in [0.29, 0.717) is 37.4 Å². The standard InChI is InChI=1S/C51H62N8O4S2/c1-48(2)42-34-36(10-20-44(42)58-28-30-62-50(48,58)22-8-24-53-39-14-12-38(52-5)13-15-39)46(60)55-26-32-64-65-33-27-56-47(61)37-11-21-45-43(35-37)49(3,4)51(59(45)29-31-63-51)23-9-25-54-40-16-18-41(19-17-40)57(6)7/h8-14,16-25,34-35,39,52H,15,26-33H2,1-7H3,(H,55,60)(H,56,61)/b22-8+,23-9+,53-24+,54-25?. The molecule has 4 aliphatic heterocycles. The molecule has 0 aromatic heterocycles. The van der Waals surface area contributed by atoms with E-state index in [1.54, 1.807) is 21.6 Å². The molecule has 0 bridgehead atoms. The summed E-state index contributed by atoms with van der Waals surface area (Å²) in [5.74, 6) is 1.29. The normalized spacial score (nSPS) is 23.6. The van der Waals surface area contributed by atoms with Crippen LogP contribution in [0.15, 0.2) is 119 Å². The number of ether oxygens (including phenoxy) is 2. The predicted octanol–water partition coefficient (Wildman–Crippen LogP) is 7.96. The number of nitrogens with one attached hydrogen (secondary N) is 3. The number of anilines is 3. The lowest BCUT2D eigenvalue weighted by atomic mass is 9.77. The highest BCUT2D eigenvalue weighted by molar-refractivity contribution is 8.76. The van der Waals surface area contributed by atoms with Crippen LogP contribution in [0, 0.1) is 0 Å². The zero-order valence-electron chi connectivity index (χ0n) is 38.6. The van der Waals surface area contributed by atoms with Crippen molar-refractivity contribution >= 4 is 68.6 Å². The van der Waals surface area contributed by atoms with E-state index in [4.69, 9.17) is 14.5 Å². The van der Waals surface area contributed by atoms with E-state index in [9.17, 15) is 9.59 Å². The van der Waals surface area contributed by atoms with Crippen LogP contribution in [0.25, 0.3) is 0 Å². The van der Waals surface area contributed by atoms with Crippen LogP contribution in [0.1, 0.15) is 66.0 Å². The number of carbonyl (C=O) groups excluding carboxylic acids is 2. The molecular formula is C51H62N8O4S2. The molecule has 2 amide bonds. The molecule has 0 saturated carbocycles. The molecule has 3 N–H and O–H groups in total. The summed E-state index contributed by atoms with van der Waals surface area (Å²) in [4.78, 5) is 42.8. The monoisotopic (exact) mass is 914 g/mol. The Morgan fingerprint density at radius 1 is 0.785 bits per heavy atom. The lowest BCUT2D eigenvalue weighted by Crippen LogP contribution is -2.51. The first kappa shape index (κ1) is 46.3. The highest BCUT2D eigenvalue weighted by Crippen LogP contribution is 2.56. The molecule has 3 aromatic carbocycles. The molecule has 5 aliphatic rings. The third-order valence-corrected chi connectivity index (χ3v) is 15.8. The number of aliphatic imine (C=N–C) groups is 2. The van der Waals surface area contributed by atoms with Gasteiger partial charge >= 0.3 is 0 Å². The van der Waals surface area contributed by atoms with Crippen LogP contribution in [0.5, 0.6) is 0 Å². The van der Waals surface area contributed by atoms with Gasteiger partial charge in [0.25, 0.3) is 11.8 Å². The van der Waals surface area contributed by atoms with Crippen LogP contribution in [-0.4, -0.2) is 114 Å². The molecule has 2 saturated heterocycles. The van der Waals surface area contributed by atoms with Gasteiger partial charge in [0.2, 0.25) is 0 Å². The summed E-state index contributed by atoms with van der Waals surface area (Å²) < 4.78 is 13.0. The number of hydrogen-bond acceptors (Lipinski definition) is 12. The van der Waals surface area contributed by atoms with Gasteiger partial charge in [-0.05, 0) is 109 Å². The van der Waals surface area contributed by atoms with Gasteiger partial charge in [-0.2, -0.15) is 0 Å². The first-order valence-electron chi connectivity index (χ1n) is 22.5. The number of nitrogens with zero attached hydrogens (tertiary/aromatic N) is 5. The molecule has 4 heterocycles. The molecule has 0 spiro atoms. The van der Waals surface area contributed by atoms with Gasteiger partial charge in [-0.25, -0.2) is 0 Å². The number of carbonyl (C=O) groups is 2. The minimum Gasteiger partial charge on any atom is -0.388 e. The van der Waals surface area contributed by atoms with Crippen LogP contribution in [-0.2, 0) is 20.3 Å². The maximum Gasteiger partial charge on any atom is 0.251 e. The summed E-state index contributed by atoms with van der Waals surface area (Å²) in [5, 5.41) is 9.37. The Hall–Kier alpha value is -5.28. The van der Waals surface area contributed by atoms with Crippen LogP contribution < -0.4 is 30.7 Å². The molecule has 2 fully saturated rings. The number of fused-ring (bicyclic) bond motifs is 6. The van der Waals surface area contributed by atoms with Crippen LogP contribution in [0.2, 0.25) is 0 Å². The van der Waals surface area contributed by atoms with Crippen LogP contribution in [0.4, 0.5) is 22.7 Å². The minimum atomic E-state index is -0.677. The van der Waals surface area contributed by atoms with Gasteiger partial charge in [-0.3, -0.25) is 19.6 Å². The van der Waals surface area contributed by atoms with Crippen LogP contribution in [0.3, 0.4) is 0 Å². The Balaban J connectivity index is 0.780. The van der Waals surface area contributed by atoms with E-state index < -0.39 is 22.3 Å². The molecule has 65 heavy (non-hydrogen) atoms. The quantitative estimate of drug-likeness (QED) is 0.0699. The van der Waals surface area contributed by atoms with E-state index in [-0.39, 0.29) is 17.9 Å². The van der Waals surface area contributed by atoms with Crippen LogP contribution >= 0.6 is 21.6 Å². The first-order chi connectivity index (χ1) is 31.3. The van der Waals surface area contributed by atoms with Crippen molar-refractivity contribution in [3.8, 4) is 0 Å². The fourth-order valence-electron chi connectivity index (χ4n) is 9.73. The zero-order chi connectivity index (χ0) is 45.8. The second-order valence-corrected chi connectivity index (χ2v) is 20.7. The summed E-state index contributed by atoms with van der Waals surface area (Å²) in [5.41, 5.74) is 6.61. The second kappa shape index (κ2) is 19.3. The topological polar surface area (TPSA) is 123 Å². The molecule has 3 atom stereocenters. The van der Waals surface area contributed by atoms with E-state index in [1.165, 1.54) is 0 Å². The maximum atomic E-state index is 13.4. The maximum absolute atomic E-state index is 13.4. The van der Waals surface area contributed by atoms with E-state index in [0.717, 1.165) is 70.6 Å². The van der Waals surface area contributed by atoms with Gasteiger partial charge in [0.05, 0.1) is 24.9 Å². The molecule has 8 rings (SSSR count). The van der Waals surface area contributed by atoms with Crippen molar-refractivity contribution in [2.75, 3.05) is 86.7 Å². The van der Waals surface area contributed by atoms with Gasteiger partial charge in [0.15, 0.2) is 11.4 Å². The fraction of sp³-hybridized carbons (Fsp3) is 0.412. The third kappa shape index (κ3) is 8.90.